The molecule has 0 atom stereocenters. The first-order valence-corrected chi connectivity index (χ1v) is 6.28. The number of hydrogen-bond acceptors (Lipinski definition) is 4. The van der Waals surface area contributed by atoms with Crippen LogP contribution >= 0.6 is 15.9 Å². The van der Waals surface area contributed by atoms with E-state index in [9.17, 15) is 9.90 Å². The smallest absolute Gasteiger partial charge is 0.196 e. The third-order valence-corrected chi connectivity index (χ3v) is 2.82. The van der Waals surface area contributed by atoms with Gasteiger partial charge in [0.05, 0.1) is 12.9 Å². The van der Waals surface area contributed by atoms with Crippen LogP contribution in [0.25, 0.3) is 11.0 Å². The molecule has 0 aliphatic carbocycles. The van der Waals surface area contributed by atoms with E-state index in [1.165, 1.54) is 18.4 Å². The molecular weight excluding hydrogens is 288 g/mol. The summed E-state index contributed by atoms with van der Waals surface area (Å²) in [6.45, 7) is 0.535. The Balaban J connectivity index is 2.39. The molecule has 17 heavy (non-hydrogen) atoms. The van der Waals surface area contributed by atoms with Gasteiger partial charge in [-0.25, -0.2) is 0 Å². The molecule has 0 bridgehead atoms. The van der Waals surface area contributed by atoms with Crippen molar-refractivity contribution >= 4 is 26.9 Å². The minimum absolute atomic E-state index is 0.120. The van der Waals surface area contributed by atoms with Gasteiger partial charge in [-0.05, 0) is 6.42 Å². The van der Waals surface area contributed by atoms with Gasteiger partial charge >= 0.3 is 0 Å². The summed E-state index contributed by atoms with van der Waals surface area (Å²) >= 11 is 3.30. The fourth-order valence-electron chi connectivity index (χ4n) is 1.50. The van der Waals surface area contributed by atoms with E-state index in [1.54, 1.807) is 6.07 Å². The lowest BCUT2D eigenvalue weighted by atomic mass is 10.2. The van der Waals surface area contributed by atoms with Crippen LogP contribution in [0.2, 0.25) is 0 Å². The molecule has 0 saturated heterocycles. The number of benzene rings is 1. The Morgan fingerprint density at radius 3 is 3.00 bits per heavy atom. The van der Waals surface area contributed by atoms with E-state index < -0.39 is 0 Å². The molecule has 0 unspecified atom stereocenters. The van der Waals surface area contributed by atoms with Crippen LogP contribution in [-0.4, -0.2) is 17.0 Å². The largest absolute Gasteiger partial charge is 0.507 e. The molecule has 0 aliphatic rings. The van der Waals surface area contributed by atoms with Crippen molar-refractivity contribution in [1.82, 2.24) is 0 Å². The summed E-state index contributed by atoms with van der Waals surface area (Å²) in [5, 5.41) is 10.8. The lowest BCUT2D eigenvalue weighted by molar-refractivity contribution is 0.317. The maximum absolute atomic E-state index is 11.5. The van der Waals surface area contributed by atoms with Crippen molar-refractivity contribution in [3.63, 3.8) is 0 Å². The highest BCUT2D eigenvalue weighted by Crippen LogP contribution is 2.27. The van der Waals surface area contributed by atoms with Gasteiger partial charge in [-0.1, -0.05) is 15.9 Å². The average molecular weight is 299 g/mol. The van der Waals surface area contributed by atoms with Crippen LogP contribution in [0, 0.1) is 0 Å². The zero-order chi connectivity index (χ0) is 12.3. The SMILES string of the molecule is O=c1ccoc2cc(OCCCBr)cc(O)c12. The molecule has 0 saturated carbocycles. The monoisotopic (exact) mass is 298 g/mol. The maximum atomic E-state index is 11.5. The van der Waals surface area contributed by atoms with Gasteiger partial charge < -0.3 is 14.3 Å². The molecular formula is C12H11BrO4. The first kappa shape index (κ1) is 12.0. The molecule has 0 fully saturated rings. The fraction of sp³-hybridized carbons (Fsp3) is 0.250. The summed E-state index contributed by atoms with van der Waals surface area (Å²) < 4.78 is 10.6. The maximum Gasteiger partial charge on any atom is 0.196 e. The van der Waals surface area contributed by atoms with Crippen LogP contribution in [0.4, 0.5) is 0 Å². The Kier molecular flexibility index (Phi) is 3.68. The molecule has 4 nitrogen and oxygen atoms in total. The molecule has 1 N–H and O–H groups in total. The first-order chi connectivity index (χ1) is 8.22. The first-order valence-electron chi connectivity index (χ1n) is 5.15. The van der Waals surface area contributed by atoms with Gasteiger partial charge in [-0.15, -0.1) is 0 Å². The lowest BCUT2D eigenvalue weighted by Crippen LogP contribution is -2.01. The van der Waals surface area contributed by atoms with Gasteiger partial charge in [0.1, 0.15) is 22.5 Å². The normalized spacial score (nSPS) is 10.6. The second-order valence-electron chi connectivity index (χ2n) is 3.49. The Morgan fingerprint density at radius 1 is 1.41 bits per heavy atom. The van der Waals surface area contributed by atoms with Gasteiger partial charge in [0, 0.05) is 23.5 Å². The van der Waals surface area contributed by atoms with E-state index in [2.05, 4.69) is 15.9 Å². The third kappa shape index (κ3) is 2.61. The third-order valence-electron chi connectivity index (χ3n) is 2.26. The van der Waals surface area contributed by atoms with E-state index in [-0.39, 0.29) is 16.6 Å². The van der Waals surface area contributed by atoms with Crippen LogP contribution in [0.3, 0.4) is 0 Å². The topological polar surface area (TPSA) is 59.7 Å². The van der Waals surface area contributed by atoms with Crippen molar-refractivity contribution in [3.05, 3.63) is 34.7 Å². The van der Waals surface area contributed by atoms with Crippen LogP contribution in [-0.2, 0) is 0 Å². The highest BCUT2D eigenvalue weighted by atomic mass is 79.9. The molecule has 0 amide bonds. The minimum Gasteiger partial charge on any atom is -0.507 e. The Bertz CT molecular complexity index is 576. The molecule has 0 radical (unpaired) electrons. The molecule has 90 valence electrons. The van der Waals surface area contributed by atoms with Crippen molar-refractivity contribution in [3.8, 4) is 11.5 Å². The fourth-order valence-corrected chi connectivity index (χ4v) is 1.73. The Labute approximate surface area is 106 Å². The zero-order valence-corrected chi connectivity index (χ0v) is 10.6. The predicted octanol–water partition coefficient (Wildman–Crippen LogP) is 2.66. The van der Waals surface area contributed by atoms with E-state index in [4.69, 9.17) is 9.15 Å². The van der Waals surface area contributed by atoms with Crippen molar-refractivity contribution in [1.29, 1.82) is 0 Å². The summed E-state index contributed by atoms with van der Waals surface area (Å²) in [5.74, 6) is 0.371. The summed E-state index contributed by atoms with van der Waals surface area (Å²) in [6.07, 6.45) is 2.16. The number of ether oxygens (including phenoxy) is 1. The highest BCUT2D eigenvalue weighted by molar-refractivity contribution is 9.09. The number of rotatable bonds is 4. The summed E-state index contributed by atoms with van der Waals surface area (Å²) in [7, 11) is 0. The number of fused-ring (bicyclic) bond motifs is 1. The van der Waals surface area contributed by atoms with Gasteiger partial charge in [0.2, 0.25) is 0 Å². The van der Waals surface area contributed by atoms with Crippen LogP contribution < -0.4 is 10.2 Å². The molecule has 1 aromatic carbocycles. The average Bonchev–Trinajstić information content (AvgIpc) is 2.29. The van der Waals surface area contributed by atoms with Gasteiger partial charge in [-0.2, -0.15) is 0 Å². The van der Waals surface area contributed by atoms with Crippen molar-refractivity contribution in [2.75, 3.05) is 11.9 Å². The zero-order valence-electron chi connectivity index (χ0n) is 8.98. The number of alkyl halides is 1. The number of aromatic hydroxyl groups is 1. The molecule has 0 spiro atoms. The molecule has 0 aliphatic heterocycles. The highest BCUT2D eigenvalue weighted by Gasteiger charge is 2.08. The van der Waals surface area contributed by atoms with Crippen molar-refractivity contribution in [2.45, 2.75) is 6.42 Å². The number of phenolic OH excluding ortho intramolecular Hbond substituents is 1. The summed E-state index contributed by atoms with van der Waals surface area (Å²) in [6, 6.07) is 4.30. The molecule has 5 heteroatoms. The van der Waals surface area contributed by atoms with Crippen LogP contribution in [0.5, 0.6) is 11.5 Å². The number of phenols is 1. The molecule has 1 aromatic heterocycles. The van der Waals surface area contributed by atoms with Gasteiger partial charge in [0.15, 0.2) is 5.43 Å². The Morgan fingerprint density at radius 2 is 2.24 bits per heavy atom. The van der Waals surface area contributed by atoms with Crippen LogP contribution in [0.1, 0.15) is 6.42 Å². The van der Waals surface area contributed by atoms with Crippen LogP contribution in [0.15, 0.2) is 33.7 Å². The van der Waals surface area contributed by atoms with Crippen molar-refractivity contribution < 1.29 is 14.3 Å². The number of hydrogen-bond donors (Lipinski definition) is 1. The number of halogens is 1. The molecule has 1 heterocycles. The summed E-state index contributed by atoms with van der Waals surface area (Å²) in [4.78, 5) is 11.5. The quantitative estimate of drug-likeness (QED) is 0.696. The second-order valence-corrected chi connectivity index (χ2v) is 4.28. The summed E-state index contributed by atoms with van der Waals surface area (Å²) in [5.41, 5.74) is 0.0575. The molecule has 2 rings (SSSR count). The van der Waals surface area contributed by atoms with Gasteiger partial charge in [0.25, 0.3) is 0 Å². The van der Waals surface area contributed by atoms with Crippen molar-refractivity contribution in [2.24, 2.45) is 0 Å². The predicted molar refractivity (Wildman–Crippen MR) is 68.1 cm³/mol. The van der Waals surface area contributed by atoms with E-state index in [1.807, 2.05) is 0 Å². The minimum atomic E-state index is -0.268. The van der Waals surface area contributed by atoms with E-state index >= 15 is 0 Å². The van der Waals surface area contributed by atoms with Gasteiger partial charge in [-0.3, -0.25) is 4.79 Å². The Hall–Kier alpha value is -1.49. The van der Waals surface area contributed by atoms with E-state index in [0.29, 0.717) is 17.9 Å². The molecule has 2 aromatic rings. The lowest BCUT2D eigenvalue weighted by Gasteiger charge is -2.06. The second kappa shape index (κ2) is 5.23. The van der Waals surface area contributed by atoms with E-state index in [0.717, 1.165) is 11.8 Å². The standard InChI is InChI=1S/C12H11BrO4/c13-3-1-4-16-8-6-10(15)12-9(14)2-5-17-11(12)7-8/h2,5-7,15H,1,3-4H2.